The Labute approximate surface area is 86.0 Å². The van der Waals surface area contributed by atoms with Gasteiger partial charge in [-0.2, -0.15) is 0 Å². The van der Waals surface area contributed by atoms with E-state index in [1.165, 1.54) is 18.2 Å². The largest absolute Gasteiger partial charge is 0.369 e. The first-order chi connectivity index (χ1) is 6.59. The Hall–Kier alpha value is -1.13. The number of nitrogens with two attached hydrogens (primary N) is 1. The summed E-state index contributed by atoms with van der Waals surface area (Å²) in [7, 11) is 0. The summed E-state index contributed by atoms with van der Waals surface area (Å²) in [5.41, 5.74) is 5.52. The molecule has 0 spiro atoms. The molecule has 3 N–H and O–H groups in total. The Morgan fingerprint density at radius 3 is 2.93 bits per heavy atom. The van der Waals surface area contributed by atoms with E-state index < -0.39 is 5.91 Å². The van der Waals surface area contributed by atoms with E-state index in [-0.39, 0.29) is 12.4 Å². The van der Waals surface area contributed by atoms with Crippen molar-refractivity contribution in [3.05, 3.63) is 34.6 Å². The lowest BCUT2D eigenvalue weighted by atomic mass is 10.2. The van der Waals surface area contributed by atoms with Gasteiger partial charge in [0.15, 0.2) is 0 Å². The molecule has 0 saturated carbocycles. The van der Waals surface area contributed by atoms with Gasteiger partial charge in [0.2, 0.25) is 5.91 Å². The molecule has 0 aromatic heterocycles. The molecular formula is C9H10ClFN2O. The Bertz CT molecular complexity index is 344. The number of hydrogen-bond acceptors (Lipinski definition) is 2. The fourth-order valence-electron chi connectivity index (χ4n) is 0.999. The van der Waals surface area contributed by atoms with Crippen LogP contribution in [0.3, 0.4) is 0 Å². The molecule has 1 aromatic rings. The second kappa shape index (κ2) is 4.93. The first kappa shape index (κ1) is 10.9. The van der Waals surface area contributed by atoms with E-state index in [1.54, 1.807) is 0 Å². The predicted octanol–water partition coefficient (Wildman–Crippen LogP) is 1.05. The van der Waals surface area contributed by atoms with Crippen molar-refractivity contribution in [1.29, 1.82) is 0 Å². The van der Waals surface area contributed by atoms with Crippen LogP contribution in [0.15, 0.2) is 18.2 Å². The van der Waals surface area contributed by atoms with Gasteiger partial charge in [0.1, 0.15) is 5.82 Å². The smallest absolute Gasteiger partial charge is 0.231 e. The van der Waals surface area contributed by atoms with Gasteiger partial charge in [0.25, 0.3) is 0 Å². The lowest BCUT2D eigenvalue weighted by Crippen LogP contribution is -2.28. The summed E-state index contributed by atoms with van der Waals surface area (Å²) >= 11 is 5.79. The third-order valence-electron chi connectivity index (χ3n) is 1.62. The van der Waals surface area contributed by atoms with Crippen LogP contribution in [0.1, 0.15) is 5.56 Å². The van der Waals surface area contributed by atoms with Gasteiger partial charge in [-0.05, 0) is 23.8 Å². The number of hydrogen-bond donors (Lipinski definition) is 2. The molecule has 0 atom stereocenters. The van der Waals surface area contributed by atoms with Crippen LogP contribution in [-0.2, 0) is 11.3 Å². The highest BCUT2D eigenvalue weighted by molar-refractivity contribution is 6.31. The Morgan fingerprint density at radius 2 is 2.29 bits per heavy atom. The van der Waals surface area contributed by atoms with Gasteiger partial charge in [-0.25, -0.2) is 4.39 Å². The lowest BCUT2D eigenvalue weighted by molar-refractivity contribution is -0.117. The number of rotatable bonds is 4. The minimum absolute atomic E-state index is 0.0485. The van der Waals surface area contributed by atoms with E-state index in [0.717, 1.165) is 0 Å². The average molecular weight is 217 g/mol. The van der Waals surface area contributed by atoms with Crippen molar-refractivity contribution in [3.8, 4) is 0 Å². The predicted molar refractivity (Wildman–Crippen MR) is 52.3 cm³/mol. The van der Waals surface area contributed by atoms with E-state index >= 15 is 0 Å². The van der Waals surface area contributed by atoms with E-state index in [1.807, 2.05) is 0 Å². The molecule has 0 aliphatic carbocycles. The summed E-state index contributed by atoms with van der Waals surface area (Å²) in [5.74, 6) is -0.817. The molecule has 5 heteroatoms. The number of primary amides is 1. The standard InChI is InChI=1S/C9H10ClFN2O/c10-8-2-1-7(11)3-6(8)4-13-5-9(12)14/h1-3,13H,4-5H2,(H2,12,14). The van der Waals surface area contributed by atoms with Crippen molar-refractivity contribution in [2.75, 3.05) is 6.54 Å². The second-order valence-electron chi connectivity index (χ2n) is 2.81. The van der Waals surface area contributed by atoms with Crippen molar-refractivity contribution >= 4 is 17.5 Å². The minimum atomic E-state index is -0.461. The molecule has 0 heterocycles. The highest BCUT2D eigenvalue weighted by atomic mass is 35.5. The summed E-state index contributed by atoms with van der Waals surface area (Å²) in [6.07, 6.45) is 0. The fourth-order valence-corrected chi connectivity index (χ4v) is 1.18. The van der Waals surface area contributed by atoms with Gasteiger partial charge in [-0.1, -0.05) is 11.6 Å². The number of benzene rings is 1. The zero-order valence-corrected chi connectivity index (χ0v) is 8.14. The molecule has 0 aliphatic rings. The molecule has 0 saturated heterocycles. The van der Waals surface area contributed by atoms with Crippen molar-refractivity contribution in [1.82, 2.24) is 5.32 Å². The maximum Gasteiger partial charge on any atom is 0.231 e. The third-order valence-corrected chi connectivity index (χ3v) is 1.99. The molecule has 0 unspecified atom stereocenters. The molecule has 76 valence electrons. The minimum Gasteiger partial charge on any atom is -0.369 e. The van der Waals surface area contributed by atoms with E-state index in [2.05, 4.69) is 5.32 Å². The van der Waals surface area contributed by atoms with Crippen LogP contribution in [-0.4, -0.2) is 12.5 Å². The molecule has 3 nitrogen and oxygen atoms in total. The zero-order valence-electron chi connectivity index (χ0n) is 7.39. The Kier molecular flexibility index (Phi) is 3.85. The Morgan fingerprint density at radius 1 is 1.57 bits per heavy atom. The van der Waals surface area contributed by atoms with Crippen LogP contribution in [0.25, 0.3) is 0 Å². The van der Waals surface area contributed by atoms with Gasteiger partial charge in [0, 0.05) is 11.6 Å². The summed E-state index contributed by atoms with van der Waals surface area (Å²) in [6, 6.07) is 4.06. The van der Waals surface area contributed by atoms with Crippen LogP contribution in [0.5, 0.6) is 0 Å². The zero-order chi connectivity index (χ0) is 10.6. The molecule has 1 aromatic carbocycles. The van der Waals surface area contributed by atoms with Gasteiger partial charge >= 0.3 is 0 Å². The SMILES string of the molecule is NC(=O)CNCc1cc(F)ccc1Cl. The van der Waals surface area contributed by atoms with Crippen LogP contribution in [0, 0.1) is 5.82 Å². The maximum absolute atomic E-state index is 12.8. The van der Waals surface area contributed by atoms with Gasteiger partial charge < -0.3 is 11.1 Å². The van der Waals surface area contributed by atoms with Crippen LogP contribution >= 0.6 is 11.6 Å². The number of carbonyl (C=O) groups excluding carboxylic acids is 1. The second-order valence-corrected chi connectivity index (χ2v) is 3.21. The highest BCUT2D eigenvalue weighted by Gasteiger charge is 2.02. The average Bonchev–Trinajstić information content (AvgIpc) is 2.10. The van der Waals surface area contributed by atoms with Crippen molar-refractivity contribution in [2.24, 2.45) is 5.73 Å². The van der Waals surface area contributed by atoms with Gasteiger partial charge in [0.05, 0.1) is 6.54 Å². The summed E-state index contributed by atoms with van der Waals surface area (Å²) in [5, 5.41) is 3.20. The fraction of sp³-hybridized carbons (Fsp3) is 0.222. The summed E-state index contributed by atoms with van der Waals surface area (Å²) < 4.78 is 12.8. The van der Waals surface area contributed by atoms with Crippen molar-refractivity contribution < 1.29 is 9.18 Å². The molecular weight excluding hydrogens is 207 g/mol. The molecule has 0 aliphatic heterocycles. The maximum atomic E-state index is 12.8. The van der Waals surface area contributed by atoms with Gasteiger partial charge in [-0.3, -0.25) is 4.79 Å². The topological polar surface area (TPSA) is 55.1 Å². The highest BCUT2D eigenvalue weighted by Crippen LogP contribution is 2.16. The molecule has 0 radical (unpaired) electrons. The van der Waals surface area contributed by atoms with E-state index in [9.17, 15) is 9.18 Å². The molecule has 1 amide bonds. The first-order valence-electron chi connectivity index (χ1n) is 4.02. The quantitative estimate of drug-likeness (QED) is 0.791. The number of halogens is 2. The first-order valence-corrected chi connectivity index (χ1v) is 4.40. The Balaban J connectivity index is 2.57. The molecule has 0 bridgehead atoms. The van der Waals surface area contributed by atoms with Crippen LogP contribution < -0.4 is 11.1 Å². The monoisotopic (exact) mass is 216 g/mol. The third kappa shape index (κ3) is 3.32. The number of amides is 1. The normalized spacial score (nSPS) is 10.1. The summed E-state index contributed by atoms with van der Waals surface area (Å²) in [6.45, 7) is 0.367. The van der Waals surface area contributed by atoms with Crippen molar-refractivity contribution in [3.63, 3.8) is 0 Å². The summed E-state index contributed by atoms with van der Waals surface area (Å²) in [4.78, 5) is 10.4. The number of carbonyl (C=O) groups is 1. The molecule has 1 rings (SSSR count). The number of nitrogens with one attached hydrogen (secondary N) is 1. The van der Waals surface area contributed by atoms with Crippen molar-refractivity contribution in [2.45, 2.75) is 6.54 Å². The van der Waals surface area contributed by atoms with E-state index in [4.69, 9.17) is 17.3 Å². The molecule has 0 fully saturated rings. The van der Waals surface area contributed by atoms with E-state index in [0.29, 0.717) is 17.1 Å². The van der Waals surface area contributed by atoms with Gasteiger partial charge in [-0.15, -0.1) is 0 Å². The lowest BCUT2D eigenvalue weighted by Gasteiger charge is -2.04. The molecule has 14 heavy (non-hydrogen) atoms. The van der Waals surface area contributed by atoms with Crippen LogP contribution in [0.2, 0.25) is 5.02 Å². The van der Waals surface area contributed by atoms with Crippen LogP contribution in [0.4, 0.5) is 4.39 Å².